The van der Waals surface area contributed by atoms with Crippen molar-refractivity contribution in [3.63, 3.8) is 0 Å². The van der Waals surface area contributed by atoms with E-state index in [1.807, 2.05) is 169 Å². The number of rotatable bonds is 20. The quantitative estimate of drug-likeness (QED) is 0.0703. The van der Waals surface area contributed by atoms with Crippen molar-refractivity contribution in [3.8, 4) is 28.7 Å². The van der Waals surface area contributed by atoms with Crippen molar-refractivity contribution in [1.29, 1.82) is 0 Å². The Kier molecular flexibility index (Phi) is 32.6. The van der Waals surface area contributed by atoms with Gasteiger partial charge in [0.1, 0.15) is 28.7 Å². The molecule has 0 bridgehead atoms. The fourth-order valence-corrected chi connectivity index (χ4v) is 7.69. The summed E-state index contributed by atoms with van der Waals surface area (Å²) in [6, 6.07) is 25.6. The van der Waals surface area contributed by atoms with Gasteiger partial charge in [0, 0.05) is 46.4 Å². The van der Waals surface area contributed by atoms with Gasteiger partial charge in [-0.2, -0.15) is 0 Å². The zero-order valence-corrected chi connectivity index (χ0v) is 52.4. The minimum atomic E-state index is -1.20. The third kappa shape index (κ3) is 24.3. The Morgan fingerprint density at radius 1 is 0.259 bits per heavy atom. The summed E-state index contributed by atoms with van der Waals surface area (Å²) in [5, 5.41) is 54.9. The molecular weight excluding hydrogens is 1070 g/mol. The van der Waals surface area contributed by atoms with Crippen molar-refractivity contribution in [2.45, 2.75) is 199 Å². The summed E-state index contributed by atoms with van der Waals surface area (Å²) in [5.74, 6) is -2.71. The van der Waals surface area contributed by atoms with Gasteiger partial charge in [-0.25, -0.2) is 0 Å². The van der Waals surface area contributed by atoms with Crippen LogP contribution in [0.25, 0.3) is 0 Å². The van der Waals surface area contributed by atoms with Gasteiger partial charge in [0.25, 0.3) is 0 Å². The summed E-state index contributed by atoms with van der Waals surface area (Å²) in [6.07, 6.45) is -0.287. The largest absolute Gasteiger partial charge is 0.545 e. The third-order valence-corrected chi connectivity index (χ3v) is 11.2. The number of hydrogen-bond acceptors (Lipinski definition) is 15. The van der Waals surface area contributed by atoms with E-state index in [-0.39, 0.29) is 106 Å². The monoisotopic (exact) mass is 1160 g/mol. The number of ether oxygens (including phenoxy) is 5. The van der Waals surface area contributed by atoms with E-state index in [1.54, 1.807) is 30.3 Å². The van der Waals surface area contributed by atoms with E-state index in [4.69, 9.17) is 23.7 Å². The smallest absolute Gasteiger partial charge is 0.132 e. The maximum Gasteiger partial charge on any atom is 0.132 e. The van der Waals surface area contributed by atoms with Crippen LogP contribution in [0.1, 0.15) is 248 Å². The molecule has 0 aliphatic heterocycles. The van der Waals surface area contributed by atoms with E-state index in [0.29, 0.717) is 28.7 Å². The summed E-state index contributed by atoms with van der Waals surface area (Å²) >= 11 is 0. The molecule has 0 aliphatic rings. The minimum absolute atomic E-state index is 0. The first-order valence-electron chi connectivity index (χ1n) is 27.2. The second-order valence-electron chi connectivity index (χ2n) is 21.7. The van der Waals surface area contributed by atoms with Crippen molar-refractivity contribution in [1.82, 2.24) is 0 Å². The maximum absolute atomic E-state index is 11.0. The summed E-state index contributed by atoms with van der Waals surface area (Å²) in [4.78, 5) is 54.9. The molecule has 0 heterocycles. The van der Waals surface area contributed by atoms with Crippen molar-refractivity contribution < 1.29 is 91.7 Å². The molecule has 0 aromatic heterocycles. The van der Waals surface area contributed by atoms with Crippen LogP contribution in [0, 0.1) is 0 Å². The van der Waals surface area contributed by atoms with Crippen LogP contribution in [0.5, 0.6) is 28.7 Å². The SMILES string of the molecule is CC(C)Oc1c(C(=O)[O-])cccc1C(C)C.CC(C)Oc1c(C(=O)[O-])cccc1C(C)C.CC(C)Oc1c(C(=O)[O-])cccc1C(C)C.CC(C)Oc1c(C(=O)[O-])cccc1C(C)C.CC(C)Oc1c(C(=O)[O-])cccc1C(C)C.[V]. The van der Waals surface area contributed by atoms with Crippen LogP contribution in [-0.2, 0) is 18.6 Å². The van der Waals surface area contributed by atoms with Crippen molar-refractivity contribution in [3.05, 3.63) is 147 Å². The molecule has 445 valence electrons. The Bertz CT molecular complexity index is 2350. The van der Waals surface area contributed by atoms with Crippen LogP contribution in [-0.4, -0.2) is 60.4 Å². The molecule has 15 nitrogen and oxygen atoms in total. The zero-order chi connectivity index (χ0) is 61.5. The Hall–Kier alpha value is -6.97. The Morgan fingerprint density at radius 3 is 0.469 bits per heavy atom. The molecule has 0 saturated heterocycles. The number of hydrogen-bond donors (Lipinski definition) is 0. The number of para-hydroxylation sites is 5. The summed E-state index contributed by atoms with van der Waals surface area (Å²) < 4.78 is 27.9. The second-order valence-corrected chi connectivity index (χ2v) is 21.7. The van der Waals surface area contributed by atoms with Gasteiger partial charge in [0.05, 0.1) is 60.4 Å². The fourth-order valence-electron chi connectivity index (χ4n) is 7.69. The number of carbonyl (C=O) groups excluding carboxylic acids is 5. The Labute approximate surface area is 493 Å². The van der Waals surface area contributed by atoms with Gasteiger partial charge < -0.3 is 73.2 Å². The maximum atomic E-state index is 11.0. The van der Waals surface area contributed by atoms with Crippen LogP contribution >= 0.6 is 0 Å². The van der Waals surface area contributed by atoms with Crippen LogP contribution in [0.2, 0.25) is 0 Å². The van der Waals surface area contributed by atoms with E-state index < -0.39 is 29.8 Å². The predicted molar refractivity (Wildman–Crippen MR) is 303 cm³/mol. The Balaban J connectivity index is 0.000000985. The van der Waals surface area contributed by atoms with E-state index in [1.165, 1.54) is 30.3 Å². The Morgan fingerprint density at radius 2 is 0.383 bits per heavy atom. The predicted octanol–water partition coefficient (Wildman–Crippen LogP) is 9.80. The number of aromatic carboxylic acids is 5. The van der Waals surface area contributed by atoms with E-state index in [0.717, 1.165) is 27.8 Å². The molecule has 0 saturated carbocycles. The summed E-state index contributed by atoms with van der Waals surface area (Å²) in [7, 11) is 0. The summed E-state index contributed by atoms with van der Waals surface area (Å²) in [5.41, 5.74) is 5.12. The van der Waals surface area contributed by atoms with Gasteiger partial charge in [-0.05, 0) is 157 Å². The van der Waals surface area contributed by atoms with Crippen LogP contribution < -0.4 is 49.2 Å². The number of benzene rings is 5. The number of carboxylic acid groups (broad SMARTS) is 5. The average Bonchev–Trinajstić information content (AvgIpc) is 3.33. The van der Waals surface area contributed by atoms with Gasteiger partial charge in [0.15, 0.2) is 0 Å². The molecule has 5 rings (SSSR count). The normalized spacial score (nSPS) is 10.7. The average molecular weight is 1160 g/mol. The third-order valence-electron chi connectivity index (χ3n) is 11.2. The zero-order valence-electron chi connectivity index (χ0n) is 51.0. The van der Waals surface area contributed by atoms with E-state index in [9.17, 15) is 49.5 Å². The van der Waals surface area contributed by atoms with Crippen molar-refractivity contribution in [2.24, 2.45) is 0 Å². The molecular formula is C65H85O15V-5. The molecule has 1 radical (unpaired) electrons. The van der Waals surface area contributed by atoms with Gasteiger partial charge in [-0.1, -0.05) is 130 Å². The molecule has 0 aliphatic carbocycles. The van der Waals surface area contributed by atoms with Gasteiger partial charge in [-0.15, -0.1) is 0 Å². The molecule has 0 fully saturated rings. The molecule has 0 N–H and O–H groups in total. The van der Waals surface area contributed by atoms with Crippen LogP contribution in [0.15, 0.2) is 91.0 Å². The molecule has 0 unspecified atom stereocenters. The molecule has 16 heteroatoms. The second kappa shape index (κ2) is 35.7. The molecule has 0 spiro atoms. The number of carboxylic acids is 5. The van der Waals surface area contributed by atoms with E-state index in [2.05, 4.69) is 0 Å². The first-order valence-corrected chi connectivity index (χ1v) is 27.2. The molecule has 5 aromatic carbocycles. The topological polar surface area (TPSA) is 247 Å². The molecule has 0 atom stereocenters. The van der Waals surface area contributed by atoms with Crippen LogP contribution in [0.4, 0.5) is 0 Å². The van der Waals surface area contributed by atoms with Crippen molar-refractivity contribution in [2.75, 3.05) is 0 Å². The molecule has 81 heavy (non-hydrogen) atoms. The first-order chi connectivity index (χ1) is 37.2. The minimum Gasteiger partial charge on any atom is -0.545 e. The molecule has 5 aromatic rings. The van der Waals surface area contributed by atoms with E-state index >= 15 is 0 Å². The standard InChI is InChI=1S/5C13H18O3.V/c5*1-8(2)10-6-5-7-11(13(14)15)12(10)16-9(3)4;/h5*5-9H,1-4H3,(H,14,15);/p-5. The fraction of sp³-hybridized carbons (Fsp3) is 0.462. The van der Waals surface area contributed by atoms with Gasteiger partial charge in [-0.3, -0.25) is 0 Å². The van der Waals surface area contributed by atoms with Gasteiger partial charge >= 0.3 is 0 Å². The number of carbonyl (C=O) groups is 5. The first kappa shape index (κ1) is 74.0. The molecule has 0 amide bonds. The van der Waals surface area contributed by atoms with Crippen LogP contribution in [0.3, 0.4) is 0 Å². The van der Waals surface area contributed by atoms with Crippen molar-refractivity contribution >= 4 is 29.8 Å². The van der Waals surface area contributed by atoms with Gasteiger partial charge in [0.2, 0.25) is 0 Å². The summed E-state index contributed by atoms with van der Waals surface area (Å²) in [6.45, 7) is 38.7.